The Morgan fingerprint density at radius 3 is 2.72 bits per heavy atom. The van der Waals surface area contributed by atoms with Gasteiger partial charge < -0.3 is 5.32 Å². The monoisotopic (exact) mass is 240 g/mol. The molecule has 1 atom stereocenters. The molecule has 0 aliphatic rings. The molecule has 0 bridgehead atoms. The fraction of sp³-hybridized carbons (Fsp3) is 0.312. The molecule has 0 radical (unpaired) electrons. The number of pyridine rings is 1. The normalized spacial score (nSPS) is 12.3. The number of hydrogen-bond acceptors (Lipinski definition) is 2. The minimum atomic E-state index is 0.350. The Balaban J connectivity index is 1.84. The smallest absolute Gasteiger partial charge is 0.0315 e. The zero-order valence-electron chi connectivity index (χ0n) is 11.1. The van der Waals surface area contributed by atoms with Gasteiger partial charge in [0.15, 0.2) is 0 Å². The Morgan fingerprint density at radius 2 is 2.00 bits per heavy atom. The lowest BCUT2D eigenvalue weighted by atomic mass is 10.1. The molecule has 1 unspecified atom stereocenters. The molecular formula is C16H20N2. The van der Waals surface area contributed by atoms with Gasteiger partial charge in [0.25, 0.3) is 0 Å². The van der Waals surface area contributed by atoms with E-state index in [0.717, 1.165) is 13.0 Å². The molecule has 0 aliphatic carbocycles. The lowest BCUT2D eigenvalue weighted by molar-refractivity contribution is 0.575. The molecular weight excluding hydrogens is 220 g/mol. The highest BCUT2D eigenvalue weighted by Crippen LogP contribution is 2.11. The van der Waals surface area contributed by atoms with Gasteiger partial charge in [0.05, 0.1) is 0 Å². The minimum Gasteiger partial charge on any atom is -0.310 e. The van der Waals surface area contributed by atoms with Crippen molar-refractivity contribution >= 4 is 0 Å². The van der Waals surface area contributed by atoms with Crippen molar-refractivity contribution in [1.82, 2.24) is 10.3 Å². The molecule has 1 N–H and O–H groups in total. The van der Waals surface area contributed by atoms with Crippen LogP contribution in [0, 0.1) is 6.92 Å². The lowest BCUT2D eigenvalue weighted by Crippen LogP contribution is -2.21. The zero-order chi connectivity index (χ0) is 12.8. The molecule has 0 saturated heterocycles. The van der Waals surface area contributed by atoms with Crippen LogP contribution in [0.2, 0.25) is 0 Å². The fourth-order valence-electron chi connectivity index (χ4n) is 2.06. The van der Waals surface area contributed by atoms with Crippen molar-refractivity contribution in [2.45, 2.75) is 26.3 Å². The summed E-state index contributed by atoms with van der Waals surface area (Å²) in [5.41, 5.74) is 4.03. The van der Waals surface area contributed by atoms with Gasteiger partial charge >= 0.3 is 0 Å². The first kappa shape index (κ1) is 12.8. The summed E-state index contributed by atoms with van der Waals surface area (Å²) >= 11 is 0. The number of nitrogens with zero attached hydrogens (tertiary/aromatic N) is 1. The van der Waals surface area contributed by atoms with E-state index in [0.29, 0.717) is 6.04 Å². The van der Waals surface area contributed by atoms with E-state index in [1.165, 1.54) is 16.7 Å². The van der Waals surface area contributed by atoms with Crippen LogP contribution in [0.5, 0.6) is 0 Å². The maximum Gasteiger partial charge on any atom is 0.0315 e. The summed E-state index contributed by atoms with van der Waals surface area (Å²) in [5.74, 6) is 0. The van der Waals surface area contributed by atoms with E-state index in [1.807, 2.05) is 18.5 Å². The van der Waals surface area contributed by atoms with Crippen LogP contribution >= 0.6 is 0 Å². The average Bonchev–Trinajstić information content (AvgIpc) is 2.42. The standard InChI is InChI=1S/C16H20N2/c1-13-6-3-4-7-15(13)9-11-18-14(2)16-8-5-10-17-12-16/h3-8,10,12,14,18H,9,11H2,1-2H3. The number of hydrogen-bond donors (Lipinski definition) is 1. The molecule has 1 aromatic carbocycles. The first-order valence-electron chi connectivity index (χ1n) is 6.45. The Bertz CT molecular complexity index is 479. The fourth-order valence-corrected chi connectivity index (χ4v) is 2.06. The molecule has 0 fully saturated rings. The third-order valence-corrected chi connectivity index (χ3v) is 3.29. The molecule has 0 saturated carbocycles. The summed E-state index contributed by atoms with van der Waals surface area (Å²) in [4.78, 5) is 4.15. The largest absolute Gasteiger partial charge is 0.310 e. The molecule has 1 aromatic heterocycles. The Kier molecular flexibility index (Phi) is 4.48. The highest BCUT2D eigenvalue weighted by atomic mass is 14.9. The van der Waals surface area contributed by atoms with Gasteiger partial charge in [-0.2, -0.15) is 0 Å². The third kappa shape index (κ3) is 3.41. The number of aryl methyl sites for hydroxylation is 1. The highest BCUT2D eigenvalue weighted by Gasteiger charge is 2.04. The second-order valence-corrected chi connectivity index (χ2v) is 4.64. The van der Waals surface area contributed by atoms with Gasteiger partial charge in [0, 0.05) is 18.4 Å². The van der Waals surface area contributed by atoms with Gasteiger partial charge in [-0.3, -0.25) is 4.98 Å². The van der Waals surface area contributed by atoms with Crippen molar-refractivity contribution in [3.05, 3.63) is 65.5 Å². The van der Waals surface area contributed by atoms with E-state index in [1.54, 1.807) is 0 Å². The maximum atomic E-state index is 4.15. The molecule has 2 rings (SSSR count). The van der Waals surface area contributed by atoms with Gasteiger partial charge in [-0.15, -0.1) is 0 Å². The van der Waals surface area contributed by atoms with E-state index in [2.05, 4.69) is 54.5 Å². The number of benzene rings is 1. The molecule has 0 amide bonds. The van der Waals surface area contributed by atoms with Crippen molar-refractivity contribution in [3.8, 4) is 0 Å². The molecule has 94 valence electrons. The van der Waals surface area contributed by atoms with Gasteiger partial charge in [-0.1, -0.05) is 30.3 Å². The predicted octanol–water partition coefficient (Wildman–Crippen LogP) is 3.28. The SMILES string of the molecule is Cc1ccccc1CCNC(C)c1cccnc1. The Hall–Kier alpha value is -1.67. The number of aromatic nitrogens is 1. The molecule has 2 nitrogen and oxygen atoms in total. The van der Waals surface area contributed by atoms with E-state index >= 15 is 0 Å². The second-order valence-electron chi connectivity index (χ2n) is 4.64. The van der Waals surface area contributed by atoms with Crippen LogP contribution < -0.4 is 5.32 Å². The quantitative estimate of drug-likeness (QED) is 0.867. The van der Waals surface area contributed by atoms with Crippen LogP contribution in [0.4, 0.5) is 0 Å². The van der Waals surface area contributed by atoms with E-state index in [-0.39, 0.29) is 0 Å². The minimum absolute atomic E-state index is 0.350. The van der Waals surface area contributed by atoms with Gasteiger partial charge in [-0.05, 0) is 49.6 Å². The topological polar surface area (TPSA) is 24.9 Å². The summed E-state index contributed by atoms with van der Waals surface area (Å²) < 4.78 is 0. The van der Waals surface area contributed by atoms with Gasteiger partial charge in [0.1, 0.15) is 0 Å². The van der Waals surface area contributed by atoms with Crippen LogP contribution in [0.15, 0.2) is 48.8 Å². The van der Waals surface area contributed by atoms with Gasteiger partial charge in [-0.25, -0.2) is 0 Å². The van der Waals surface area contributed by atoms with Crippen molar-refractivity contribution in [2.24, 2.45) is 0 Å². The van der Waals surface area contributed by atoms with Crippen LogP contribution in [0.3, 0.4) is 0 Å². The molecule has 1 heterocycles. The molecule has 0 spiro atoms. The maximum absolute atomic E-state index is 4.15. The number of nitrogens with one attached hydrogen (secondary N) is 1. The summed E-state index contributed by atoms with van der Waals surface area (Å²) in [6.07, 6.45) is 4.80. The van der Waals surface area contributed by atoms with Crippen LogP contribution in [-0.2, 0) is 6.42 Å². The van der Waals surface area contributed by atoms with Gasteiger partial charge in [0.2, 0.25) is 0 Å². The number of rotatable bonds is 5. The summed E-state index contributed by atoms with van der Waals surface area (Å²) in [5, 5.41) is 3.53. The molecule has 2 aromatic rings. The highest BCUT2D eigenvalue weighted by molar-refractivity contribution is 5.25. The van der Waals surface area contributed by atoms with E-state index in [4.69, 9.17) is 0 Å². The van der Waals surface area contributed by atoms with Crippen molar-refractivity contribution < 1.29 is 0 Å². The molecule has 0 aliphatic heterocycles. The lowest BCUT2D eigenvalue weighted by Gasteiger charge is -2.14. The average molecular weight is 240 g/mol. The molecule has 2 heteroatoms. The summed E-state index contributed by atoms with van der Waals surface area (Å²) in [7, 11) is 0. The second kappa shape index (κ2) is 6.31. The first-order valence-corrected chi connectivity index (χ1v) is 6.45. The third-order valence-electron chi connectivity index (χ3n) is 3.29. The summed E-state index contributed by atoms with van der Waals surface area (Å²) in [6, 6.07) is 13.0. The first-order chi connectivity index (χ1) is 8.77. The van der Waals surface area contributed by atoms with Crippen molar-refractivity contribution in [3.63, 3.8) is 0 Å². The van der Waals surface area contributed by atoms with Crippen LogP contribution in [0.25, 0.3) is 0 Å². The Labute approximate surface area is 109 Å². The van der Waals surface area contributed by atoms with Crippen molar-refractivity contribution in [2.75, 3.05) is 6.54 Å². The van der Waals surface area contributed by atoms with Crippen molar-refractivity contribution in [1.29, 1.82) is 0 Å². The van der Waals surface area contributed by atoms with E-state index in [9.17, 15) is 0 Å². The van der Waals surface area contributed by atoms with E-state index < -0.39 is 0 Å². The van der Waals surface area contributed by atoms with Crippen LogP contribution in [0.1, 0.15) is 29.7 Å². The Morgan fingerprint density at radius 1 is 1.17 bits per heavy atom. The summed E-state index contributed by atoms with van der Waals surface area (Å²) in [6.45, 7) is 5.33. The zero-order valence-corrected chi connectivity index (χ0v) is 11.1. The predicted molar refractivity (Wildman–Crippen MR) is 75.5 cm³/mol. The van der Waals surface area contributed by atoms with Crippen LogP contribution in [-0.4, -0.2) is 11.5 Å². The molecule has 18 heavy (non-hydrogen) atoms.